The maximum absolute atomic E-state index is 13.0. The molecule has 2 aliphatic heterocycles. The van der Waals surface area contributed by atoms with Crippen LogP contribution in [0.25, 0.3) is 5.69 Å². The highest BCUT2D eigenvalue weighted by Gasteiger charge is 2.23. The van der Waals surface area contributed by atoms with E-state index in [1.807, 2.05) is 37.3 Å². The van der Waals surface area contributed by atoms with E-state index in [1.54, 1.807) is 0 Å². The monoisotopic (exact) mass is 490 g/mol. The van der Waals surface area contributed by atoms with Crippen LogP contribution in [-0.4, -0.2) is 57.0 Å². The Hall–Kier alpha value is -2.84. The van der Waals surface area contributed by atoms with Gasteiger partial charge in [0.25, 0.3) is 0 Å². The molecule has 3 heterocycles. The van der Waals surface area contributed by atoms with Crippen LogP contribution in [0.2, 0.25) is 0 Å². The smallest absolute Gasteiger partial charge is 0.237 e. The van der Waals surface area contributed by atoms with Gasteiger partial charge in [0.2, 0.25) is 5.91 Å². The van der Waals surface area contributed by atoms with Gasteiger partial charge < -0.3 is 10.2 Å². The van der Waals surface area contributed by atoms with Crippen LogP contribution in [0.4, 0.5) is 11.4 Å². The van der Waals surface area contributed by atoms with Gasteiger partial charge in [0, 0.05) is 30.2 Å². The highest BCUT2D eigenvalue weighted by atomic mass is 32.2. The number of rotatable bonds is 8. The summed E-state index contributed by atoms with van der Waals surface area (Å²) in [5, 5.41) is 12.5. The summed E-state index contributed by atoms with van der Waals surface area (Å²) in [5.74, 6) is 0.880. The molecule has 1 amide bonds. The Bertz CT molecular complexity index is 1100. The highest BCUT2D eigenvalue weighted by Crippen LogP contribution is 2.28. The number of para-hydroxylation sites is 1. The molecule has 1 N–H and O–H groups in total. The molecule has 1 unspecified atom stereocenters. The number of hydrogen-bond acceptors (Lipinski definition) is 6. The largest absolute Gasteiger partial charge is 0.372 e. The lowest BCUT2D eigenvalue weighted by atomic mass is 10.1. The van der Waals surface area contributed by atoms with Crippen LogP contribution in [-0.2, 0) is 11.3 Å². The van der Waals surface area contributed by atoms with Crippen molar-refractivity contribution in [1.29, 1.82) is 0 Å². The first kappa shape index (κ1) is 23.9. The van der Waals surface area contributed by atoms with Crippen LogP contribution in [0.5, 0.6) is 0 Å². The molecular formula is C27H34N6OS. The molecule has 0 saturated carbocycles. The summed E-state index contributed by atoms with van der Waals surface area (Å²) < 4.78 is 2.10. The second-order valence-corrected chi connectivity index (χ2v) is 10.7. The summed E-state index contributed by atoms with van der Waals surface area (Å²) in [6.07, 6.45) is 6.29. The number of carbonyl (C=O) groups excluding carboxylic acids is 1. The Morgan fingerprint density at radius 2 is 1.57 bits per heavy atom. The number of hydrogen-bond donors (Lipinski definition) is 1. The molecule has 2 fully saturated rings. The van der Waals surface area contributed by atoms with Gasteiger partial charge in [0.15, 0.2) is 11.0 Å². The maximum Gasteiger partial charge on any atom is 0.237 e. The lowest BCUT2D eigenvalue weighted by Gasteiger charge is -2.28. The molecule has 2 saturated heterocycles. The molecule has 0 bridgehead atoms. The molecule has 3 aromatic rings. The number of thioether (sulfide) groups is 1. The predicted molar refractivity (Wildman–Crippen MR) is 142 cm³/mol. The van der Waals surface area contributed by atoms with Crippen molar-refractivity contribution in [2.45, 2.75) is 56.0 Å². The summed E-state index contributed by atoms with van der Waals surface area (Å²) in [5.41, 5.74) is 3.07. The van der Waals surface area contributed by atoms with Crippen molar-refractivity contribution in [3.63, 3.8) is 0 Å². The average molecular weight is 491 g/mol. The lowest BCUT2D eigenvalue weighted by molar-refractivity contribution is -0.115. The number of amides is 1. The molecular weight excluding hydrogens is 456 g/mol. The first-order valence-electron chi connectivity index (χ1n) is 12.7. The van der Waals surface area contributed by atoms with Gasteiger partial charge in [-0.1, -0.05) is 30.0 Å². The van der Waals surface area contributed by atoms with Crippen molar-refractivity contribution < 1.29 is 4.79 Å². The molecule has 0 radical (unpaired) electrons. The summed E-state index contributed by atoms with van der Waals surface area (Å²) in [7, 11) is 0. The second-order valence-electron chi connectivity index (χ2n) is 9.40. The fraction of sp³-hybridized carbons (Fsp3) is 0.444. The van der Waals surface area contributed by atoms with Gasteiger partial charge in [-0.05, 0) is 88.5 Å². The Balaban J connectivity index is 1.26. The molecule has 2 aliphatic rings. The van der Waals surface area contributed by atoms with Crippen LogP contribution in [0.15, 0.2) is 59.8 Å². The van der Waals surface area contributed by atoms with E-state index in [1.165, 1.54) is 49.6 Å². The van der Waals surface area contributed by atoms with Crippen molar-refractivity contribution in [3.05, 3.63) is 60.4 Å². The van der Waals surface area contributed by atoms with E-state index in [-0.39, 0.29) is 11.2 Å². The van der Waals surface area contributed by atoms with Crippen LogP contribution in [0.3, 0.4) is 0 Å². The Morgan fingerprint density at radius 1 is 0.886 bits per heavy atom. The van der Waals surface area contributed by atoms with Gasteiger partial charge in [-0.25, -0.2) is 0 Å². The van der Waals surface area contributed by atoms with E-state index in [2.05, 4.69) is 54.1 Å². The third kappa shape index (κ3) is 5.87. The molecule has 35 heavy (non-hydrogen) atoms. The highest BCUT2D eigenvalue weighted by molar-refractivity contribution is 8.00. The number of likely N-dealkylation sites (tertiary alicyclic amines) is 1. The lowest BCUT2D eigenvalue weighted by Crippen LogP contribution is -2.29. The van der Waals surface area contributed by atoms with Crippen molar-refractivity contribution in [2.75, 3.05) is 36.4 Å². The summed E-state index contributed by atoms with van der Waals surface area (Å²) >= 11 is 1.45. The molecule has 2 aromatic carbocycles. The van der Waals surface area contributed by atoms with Crippen molar-refractivity contribution >= 4 is 29.0 Å². The molecule has 7 nitrogen and oxygen atoms in total. The SMILES string of the molecule is CC(Sc1nnc(CN2CCCC2)n1-c1ccccc1)C(=O)Nc1ccc(N2CCCCC2)cc1. The molecule has 184 valence electrons. The summed E-state index contributed by atoms with van der Waals surface area (Å²) in [6, 6.07) is 18.4. The Morgan fingerprint density at radius 3 is 2.29 bits per heavy atom. The number of piperidine rings is 1. The van der Waals surface area contributed by atoms with Crippen LogP contribution >= 0.6 is 11.8 Å². The van der Waals surface area contributed by atoms with E-state index in [9.17, 15) is 4.79 Å². The zero-order valence-corrected chi connectivity index (χ0v) is 21.2. The average Bonchev–Trinajstić information content (AvgIpc) is 3.56. The molecule has 8 heteroatoms. The van der Waals surface area contributed by atoms with E-state index in [4.69, 9.17) is 0 Å². The number of carbonyl (C=O) groups is 1. The third-order valence-electron chi connectivity index (χ3n) is 6.79. The molecule has 1 aromatic heterocycles. The molecule has 0 spiro atoms. The van der Waals surface area contributed by atoms with Crippen LogP contribution in [0.1, 0.15) is 44.9 Å². The van der Waals surface area contributed by atoms with Gasteiger partial charge >= 0.3 is 0 Å². The third-order valence-corrected chi connectivity index (χ3v) is 7.83. The normalized spacial score (nSPS) is 17.5. The number of nitrogens with zero attached hydrogens (tertiary/aromatic N) is 5. The minimum absolute atomic E-state index is 0.0376. The fourth-order valence-electron chi connectivity index (χ4n) is 4.82. The van der Waals surface area contributed by atoms with Gasteiger partial charge in [-0.3, -0.25) is 14.3 Å². The van der Waals surface area contributed by atoms with Crippen LogP contribution in [0, 0.1) is 0 Å². The van der Waals surface area contributed by atoms with Crippen molar-refractivity contribution in [1.82, 2.24) is 19.7 Å². The summed E-state index contributed by atoms with van der Waals surface area (Å²) in [6.45, 7) is 7.11. The van der Waals surface area contributed by atoms with Crippen LogP contribution < -0.4 is 10.2 Å². The second kappa shape index (κ2) is 11.3. The van der Waals surface area contributed by atoms with E-state index >= 15 is 0 Å². The first-order valence-corrected chi connectivity index (χ1v) is 13.6. The van der Waals surface area contributed by atoms with Gasteiger partial charge in [-0.15, -0.1) is 10.2 Å². The molecule has 1 atom stereocenters. The minimum Gasteiger partial charge on any atom is -0.372 e. The van der Waals surface area contributed by atoms with E-state index < -0.39 is 0 Å². The number of anilines is 2. The maximum atomic E-state index is 13.0. The standard InChI is InChI=1S/C27H34N6OS/c1-21(26(34)28-22-12-14-23(15-13-22)32-18-6-3-7-19-32)35-27-30-29-25(20-31-16-8-9-17-31)33(27)24-10-4-2-5-11-24/h2,4-5,10-15,21H,3,6-9,16-20H2,1H3,(H,28,34). The van der Waals surface area contributed by atoms with E-state index in [0.29, 0.717) is 0 Å². The van der Waals surface area contributed by atoms with Gasteiger partial charge in [-0.2, -0.15) is 0 Å². The number of nitrogens with one attached hydrogen (secondary N) is 1. The zero-order chi connectivity index (χ0) is 24.0. The Labute approximate surface area is 211 Å². The van der Waals surface area contributed by atoms with E-state index in [0.717, 1.165) is 55.1 Å². The zero-order valence-electron chi connectivity index (χ0n) is 20.4. The fourth-order valence-corrected chi connectivity index (χ4v) is 5.71. The first-order chi connectivity index (χ1) is 17.2. The Kier molecular flexibility index (Phi) is 7.69. The van der Waals surface area contributed by atoms with Crippen molar-refractivity contribution in [3.8, 4) is 5.69 Å². The van der Waals surface area contributed by atoms with Gasteiger partial charge in [0.1, 0.15) is 0 Å². The molecule has 5 rings (SSSR count). The quantitative estimate of drug-likeness (QED) is 0.450. The number of aromatic nitrogens is 3. The summed E-state index contributed by atoms with van der Waals surface area (Å²) in [4.78, 5) is 17.9. The number of benzene rings is 2. The molecule has 0 aliphatic carbocycles. The topological polar surface area (TPSA) is 66.3 Å². The van der Waals surface area contributed by atoms with Gasteiger partial charge in [0.05, 0.1) is 11.8 Å². The predicted octanol–water partition coefficient (Wildman–Crippen LogP) is 4.97. The minimum atomic E-state index is -0.317. The van der Waals surface area contributed by atoms with Crippen molar-refractivity contribution in [2.24, 2.45) is 0 Å².